The van der Waals surface area contributed by atoms with Crippen LogP contribution in [0.4, 0.5) is 0 Å². The van der Waals surface area contributed by atoms with Crippen molar-refractivity contribution in [1.82, 2.24) is 0 Å². The van der Waals surface area contributed by atoms with Crippen molar-refractivity contribution in [3.63, 3.8) is 0 Å². The number of hydrogen-bond acceptors (Lipinski definition) is 1. The molecule has 0 unspecified atom stereocenters. The number of benzene rings is 2. The van der Waals surface area contributed by atoms with E-state index in [1.165, 1.54) is 5.56 Å². The van der Waals surface area contributed by atoms with Crippen LogP contribution in [0, 0.1) is 24.3 Å². The van der Waals surface area contributed by atoms with Crippen LogP contribution in [0.2, 0.25) is 0 Å². The molecule has 0 atom stereocenters. The number of rotatable bonds is 1. The van der Waals surface area contributed by atoms with Gasteiger partial charge in [-0.3, -0.25) is 0 Å². The van der Waals surface area contributed by atoms with Crippen LogP contribution in [0.1, 0.15) is 11.1 Å². The molecule has 0 fully saturated rings. The molecule has 0 N–H and O–H groups in total. The van der Waals surface area contributed by atoms with E-state index in [-0.39, 0.29) is 0 Å². The molecule has 0 heterocycles. The first-order chi connectivity index (χ1) is 7.31. The van der Waals surface area contributed by atoms with Crippen molar-refractivity contribution in [2.24, 2.45) is 0 Å². The fourth-order valence-corrected chi connectivity index (χ4v) is 1.59. The highest BCUT2D eigenvalue weighted by molar-refractivity contribution is 5.68. The quantitative estimate of drug-likeness (QED) is 0.679. The maximum absolute atomic E-state index is 8.82. The van der Waals surface area contributed by atoms with E-state index in [1.54, 1.807) is 0 Å². The van der Waals surface area contributed by atoms with Crippen LogP contribution >= 0.6 is 0 Å². The molecule has 2 rings (SSSR count). The molecular weight excluding hydrogens is 182 g/mol. The van der Waals surface area contributed by atoms with E-state index in [9.17, 15) is 0 Å². The molecule has 0 aromatic heterocycles. The molecule has 0 saturated carbocycles. The average Bonchev–Trinajstić information content (AvgIpc) is 2.30. The lowest BCUT2D eigenvalue weighted by atomic mass is 9.99. The van der Waals surface area contributed by atoms with Gasteiger partial charge in [0.25, 0.3) is 0 Å². The van der Waals surface area contributed by atoms with Crippen molar-refractivity contribution in [1.29, 1.82) is 5.26 Å². The molecule has 2 aromatic carbocycles. The molecular formula is C14H10N. The lowest BCUT2D eigenvalue weighted by Crippen LogP contribution is -1.83. The van der Waals surface area contributed by atoms with Gasteiger partial charge < -0.3 is 0 Å². The van der Waals surface area contributed by atoms with Crippen molar-refractivity contribution >= 4 is 0 Å². The van der Waals surface area contributed by atoms with E-state index in [4.69, 9.17) is 5.26 Å². The first-order valence-corrected chi connectivity index (χ1v) is 4.78. The third kappa shape index (κ3) is 1.89. The van der Waals surface area contributed by atoms with Crippen LogP contribution in [0.15, 0.2) is 42.5 Å². The number of hydrogen-bond donors (Lipinski definition) is 0. The monoisotopic (exact) mass is 192 g/mol. The maximum atomic E-state index is 8.82. The number of aryl methyl sites for hydroxylation is 1. The van der Waals surface area contributed by atoms with E-state index in [0.717, 1.165) is 11.1 Å². The molecule has 15 heavy (non-hydrogen) atoms. The van der Waals surface area contributed by atoms with Crippen molar-refractivity contribution in [2.45, 2.75) is 6.92 Å². The van der Waals surface area contributed by atoms with Gasteiger partial charge in [-0.2, -0.15) is 5.26 Å². The smallest absolute Gasteiger partial charge is 0.0991 e. The SMILES string of the molecule is Cc1c[c]ccc1-c1cccc(C#N)c1. The predicted octanol–water partition coefficient (Wildman–Crippen LogP) is 3.33. The molecule has 1 nitrogen and oxygen atoms in total. The molecule has 1 heteroatoms. The second-order valence-corrected chi connectivity index (χ2v) is 3.43. The summed E-state index contributed by atoms with van der Waals surface area (Å²) in [6, 6.07) is 18.7. The molecule has 0 aliphatic heterocycles. The maximum Gasteiger partial charge on any atom is 0.0991 e. The summed E-state index contributed by atoms with van der Waals surface area (Å²) in [7, 11) is 0. The summed E-state index contributed by atoms with van der Waals surface area (Å²) >= 11 is 0. The zero-order chi connectivity index (χ0) is 10.7. The molecule has 0 aliphatic rings. The highest BCUT2D eigenvalue weighted by Crippen LogP contribution is 2.23. The Morgan fingerprint density at radius 1 is 1.27 bits per heavy atom. The minimum atomic E-state index is 0.694. The van der Waals surface area contributed by atoms with Gasteiger partial charge in [0, 0.05) is 0 Å². The average molecular weight is 192 g/mol. The Balaban J connectivity index is 2.55. The van der Waals surface area contributed by atoms with Gasteiger partial charge in [-0.05, 0) is 41.8 Å². The highest BCUT2D eigenvalue weighted by atomic mass is 14.2. The minimum Gasteiger partial charge on any atom is -0.192 e. The fraction of sp³-hybridized carbons (Fsp3) is 0.0714. The largest absolute Gasteiger partial charge is 0.192 e. The van der Waals surface area contributed by atoms with Crippen LogP contribution in [-0.2, 0) is 0 Å². The Bertz CT molecular complexity index is 521. The Morgan fingerprint density at radius 3 is 2.87 bits per heavy atom. The van der Waals surface area contributed by atoms with Gasteiger partial charge in [-0.15, -0.1) is 0 Å². The number of nitriles is 1. The molecule has 0 spiro atoms. The molecule has 0 aliphatic carbocycles. The van der Waals surface area contributed by atoms with Gasteiger partial charge in [0.05, 0.1) is 11.6 Å². The summed E-state index contributed by atoms with van der Waals surface area (Å²) in [4.78, 5) is 0. The van der Waals surface area contributed by atoms with Crippen LogP contribution in [0.5, 0.6) is 0 Å². The van der Waals surface area contributed by atoms with Crippen LogP contribution in [-0.4, -0.2) is 0 Å². The first-order valence-electron chi connectivity index (χ1n) is 4.78. The molecule has 2 aromatic rings. The standard InChI is InChI=1S/C14H10N/c1-11-5-2-3-8-14(11)13-7-4-6-12(9-13)10-15/h3-9H,1H3. The third-order valence-electron chi connectivity index (χ3n) is 2.37. The van der Waals surface area contributed by atoms with E-state index < -0.39 is 0 Å². The summed E-state index contributed by atoms with van der Waals surface area (Å²) in [5.74, 6) is 0. The molecule has 71 valence electrons. The highest BCUT2D eigenvalue weighted by Gasteiger charge is 2.01. The third-order valence-corrected chi connectivity index (χ3v) is 2.37. The summed E-state index contributed by atoms with van der Waals surface area (Å²) in [6.45, 7) is 2.05. The van der Waals surface area contributed by atoms with E-state index in [1.807, 2.05) is 49.4 Å². The van der Waals surface area contributed by atoms with E-state index in [0.29, 0.717) is 5.56 Å². The van der Waals surface area contributed by atoms with Crippen LogP contribution < -0.4 is 0 Å². The summed E-state index contributed by atoms with van der Waals surface area (Å²) < 4.78 is 0. The van der Waals surface area contributed by atoms with E-state index >= 15 is 0 Å². The lowest BCUT2D eigenvalue weighted by molar-refractivity contribution is 1.44. The van der Waals surface area contributed by atoms with Gasteiger partial charge >= 0.3 is 0 Å². The molecule has 1 radical (unpaired) electrons. The van der Waals surface area contributed by atoms with Crippen LogP contribution in [0.3, 0.4) is 0 Å². The number of nitrogens with zero attached hydrogens (tertiary/aromatic N) is 1. The Hall–Kier alpha value is -2.07. The van der Waals surface area contributed by atoms with Gasteiger partial charge in [0.2, 0.25) is 0 Å². The van der Waals surface area contributed by atoms with Gasteiger partial charge in [-0.25, -0.2) is 0 Å². The Morgan fingerprint density at radius 2 is 2.13 bits per heavy atom. The normalized spacial score (nSPS) is 9.60. The van der Waals surface area contributed by atoms with Crippen molar-refractivity contribution in [3.05, 3.63) is 59.7 Å². The summed E-state index contributed by atoms with van der Waals surface area (Å²) in [5.41, 5.74) is 4.11. The summed E-state index contributed by atoms with van der Waals surface area (Å²) in [6.07, 6.45) is 0. The van der Waals surface area contributed by atoms with Crippen molar-refractivity contribution < 1.29 is 0 Å². The van der Waals surface area contributed by atoms with Crippen LogP contribution in [0.25, 0.3) is 11.1 Å². The topological polar surface area (TPSA) is 23.8 Å². The molecule has 0 amide bonds. The zero-order valence-electron chi connectivity index (χ0n) is 8.49. The van der Waals surface area contributed by atoms with Crippen molar-refractivity contribution in [2.75, 3.05) is 0 Å². The Kier molecular flexibility index (Phi) is 2.51. The second-order valence-electron chi connectivity index (χ2n) is 3.43. The van der Waals surface area contributed by atoms with E-state index in [2.05, 4.69) is 12.1 Å². The van der Waals surface area contributed by atoms with Crippen molar-refractivity contribution in [3.8, 4) is 17.2 Å². The molecule has 0 saturated heterocycles. The lowest BCUT2D eigenvalue weighted by Gasteiger charge is -2.05. The predicted molar refractivity (Wildman–Crippen MR) is 60.2 cm³/mol. The first kappa shape index (κ1) is 9.48. The minimum absolute atomic E-state index is 0.694. The van der Waals surface area contributed by atoms with Gasteiger partial charge in [0.1, 0.15) is 0 Å². The Labute approximate surface area is 89.6 Å². The summed E-state index contributed by atoms with van der Waals surface area (Å²) in [5, 5.41) is 8.82. The second kappa shape index (κ2) is 3.98. The molecule has 0 bridgehead atoms. The van der Waals surface area contributed by atoms with Gasteiger partial charge in [0.15, 0.2) is 0 Å². The fourth-order valence-electron chi connectivity index (χ4n) is 1.59. The van der Waals surface area contributed by atoms with Gasteiger partial charge in [-0.1, -0.05) is 30.3 Å². The zero-order valence-corrected chi connectivity index (χ0v) is 8.49.